The van der Waals surface area contributed by atoms with Crippen LogP contribution in [0, 0.1) is 18.8 Å². The lowest BCUT2D eigenvalue weighted by Crippen LogP contribution is -2.27. The Morgan fingerprint density at radius 2 is 1.73 bits per heavy atom. The van der Waals surface area contributed by atoms with Crippen LogP contribution >= 0.6 is 23.4 Å². The first kappa shape index (κ1) is 20.1. The first-order valence-corrected chi connectivity index (χ1v) is 10.3. The number of carbonyl (C=O) groups is 2. The summed E-state index contributed by atoms with van der Waals surface area (Å²) in [6.45, 7) is 3.85. The van der Waals surface area contributed by atoms with E-state index in [0.29, 0.717) is 10.6 Å². The summed E-state index contributed by atoms with van der Waals surface area (Å²) >= 11 is 7.05. The number of halogens is 1. The van der Waals surface area contributed by atoms with Crippen molar-refractivity contribution in [3.05, 3.63) is 86.4 Å². The molecule has 1 aliphatic heterocycles. The molecule has 0 aliphatic carbocycles. The highest BCUT2D eigenvalue weighted by atomic mass is 35.5. The van der Waals surface area contributed by atoms with Gasteiger partial charge in [-0.3, -0.25) is 9.59 Å². The van der Waals surface area contributed by atoms with Gasteiger partial charge in [0, 0.05) is 17.1 Å². The number of hydrogen-bond donors (Lipinski definition) is 0. The highest BCUT2D eigenvalue weighted by Gasteiger charge is 2.36. The summed E-state index contributed by atoms with van der Waals surface area (Å²) in [7, 11) is 0. The van der Waals surface area contributed by atoms with Gasteiger partial charge in [-0.1, -0.05) is 29.8 Å². The van der Waals surface area contributed by atoms with Gasteiger partial charge in [-0.2, -0.15) is 0 Å². The fraction of sp³-hybridized carbons (Fsp3) is 0.0909. The standard InChI is InChI=1S/C22H16ClN3O3S/c1-13-10-15(14(2)25(13)17-8-9-19(24-29)18(23)12-17)11-20-21(27)26(22(28)30-20)16-6-4-3-5-7-16/h3-12H,1-2H3. The van der Waals surface area contributed by atoms with Gasteiger partial charge in [-0.15, -0.1) is 4.91 Å². The van der Waals surface area contributed by atoms with Crippen molar-refractivity contribution < 1.29 is 9.59 Å². The highest BCUT2D eigenvalue weighted by Crippen LogP contribution is 2.37. The number of carbonyl (C=O) groups excluding carboxylic acids is 2. The Kier molecular flexibility index (Phi) is 5.32. The third-order valence-electron chi connectivity index (χ3n) is 4.85. The van der Waals surface area contributed by atoms with Gasteiger partial charge in [-0.25, -0.2) is 4.90 Å². The summed E-state index contributed by atoms with van der Waals surface area (Å²) in [6.07, 6.45) is 1.73. The molecule has 150 valence electrons. The van der Waals surface area contributed by atoms with Crippen LogP contribution < -0.4 is 4.90 Å². The van der Waals surface area contributed by atoms with Crippen LogP contribution in [0.1, 0.15) is 17.0 Å². The Hall–Kier alpha value is -3.16. The van der Waals surface area contributed by atoms with Gasteiger partial charge in [-0.05, 0) is 78.8 Å². The molecule has 3 aromatic rings. The lowest BCUT2D eigenvalue weighted by Gasteiger charge is -2.11. The first-order valence-electron chi connectivity index (χ1n) is 9.06. The Bertz CT molecular complexity index is 1220. The molecule has 2 heterocycles. The van der Waals surface area contributed by atoms with E-state index in [1.165, 1.54) is 4.90 Å². The Labute approximate surface area is 182 Å². The molecule has 0 radical (unpaired) electrons. The summed E-state index contributed by atoms with van der Waals surface area (Å²) in [4.78, 5) is 37.6. The maximum absolute atomic E-state index is 12.9. The Morgan fingerprint density at radius 1 is 1.00 bits per heavy atom. The number of nitrogens with zero attached hydrogens (tertiary/aromatic N) is 3. The quantitative estimate of drug-likeness (QED) is 0.350. The largest absolute Gasteiger partial charge is 0.318 e. The molecule has 0 bridgehead atoms. The van der Waals surface area contributed by atoms with Crippen molar-refractivity contribution in [3.63, 3.8) is 0 Å². The van der Waals surface area contributed by atoms with Gasteiger partial charge in [0.15, 0.2) is 0 Å². The number of benzene rings is 2. The van der Waals surface area contributed by atoms with Crippen molar-refractivity contribution in [1.82, 2.24) is 4.57 Å². The second-order valence-corrected chi connectivity index (χ2v) is 8.14. The van der Waals surface area contributed by atoms with E-state index in [4.69, 9.17) is 11.6 Å². The van der Waals surface area contributed by atoms with Crippen molar-refractivity contribution in [2.24, 2.45) is 5.18 Å². The van der Waals surface area contributed by atoms with Gasteiger partial charge in [0.25, 0.3) is 11.1 Å². The summed E-state index contributed by atoms with van der Waals surface area (Å²) in [6, 6.07) is 15.8. The van der Waals surface area contributed by atoms with Gasteiger partial charge < -0.3 is 4.57 Å². The topological polar surface area (TPSA) is 71.7 Å². The highest BCUT2D eigenvalue weighted by molar-refractivity contribution is 8.19. The van der Waals surface area contributed by atoms with Crippen molar-refractivity contribution in [3.8, 4) is 5.69 Å². The molecule has 1 fully saturated rings. The molecule has 4 rings (SSSR count). The number of thioether (sulfide) groups is 1. The zero-order chi connectivity index (χ0) is 21.4. The van der Waals surface area contributed by atoms with Crippen molar-refractivity contribution in [2.45, 2.75) is 13.8 Å². The van der Waals surface area contributed by atoms with E-state index in [-0.39, 0.29) is 21.9 Å². The van der Waals surface area contributed by atoms with E-state index < -0.39 is 0 Å². The fourth-order valence-electron chi connectivity index (χ4n) is 3.45. The van der Waals surface area contributed by atoms with Crippen LogP contribution in [-0.2, 0) is 4.79 Å². The number of hydrogen-bond acceptors (Lipinski definition) is 5. The maximum Gasteiger partial charge on any atom is 0.298 e. The van der Waals surface area contributed by atoms with E-state index >= 15 is 0 Å². The number of para-hydroxylation sites is 1. The van der Waals surface area contributed by atoms with Crippen molar-refractivity contribution in [2.75, 3.05) is 4.90 Å². The monoisotopic (exact) mass is 437 g/mol. The zero-order valence-corrected chi connectivity index (χ0v) is 17.7. The minimum absolute atomic E-state index is 0.178. The third kappa shape index (κ3) is 3.46. The number of aryl methyl sites for hydroxylation is 1. The average Bonchev–Trinajstić information content (AvgIpc) is 3.17. The number of aromatic nitrogens is 1. The number of nitroso groups, excluding NO2 is 1. The molecule has 1 aromatic heterocycles. The molecular weight excluding hydrogens is 422 g/mol. The van der Waals surface area contributed by atoms with Crippen LogP contribution in [0.5, 0.6) is 0 Å². The molecule has 0 N–H and O–H groups in total. The summed E-state index contributed by atoms with van der Waals surface area (Å²) in [5.41, 5.74) is 4.12. The predicted octanol–water partition coefficient (Wildman–Crippen LogP) is 6.39. The second kappa shape index (κ2) is 7.93. The van der Waals surface area contributed by atoms with Gasteiger partial charge in [0.05, 0.1) is 15.6 Å². The van der Waals surface area contributed by atoms with E-state index in [9.17, 15) is 14.5 Å². The van der Waals surface area contributed by atoms with E-state index in [0.717, 1.165) is 34.4 Å². The molecule has 0 unspecified atom stereocenters. The van der Waals surface area contributed by atoms with Crippen LogP contribution in [0.25, 0.3) is 11.8 Å². The van der Waals surface area contributed by atoms with Crippen molar-refractivity contribution >= 4 is 52.0 Å². The molecular formula is C22H16ClN3O3S. The summed E-state index contributed by atoms with van der Waals surface area (Å²) in [5, 5.41) is 2.83. The molecule has 2 amide bonds. The number of imide groups is 1. The molecule has 30 heavy (non-hydrogen) atoms. The minimum atomic E-state index is -0.342. The smallest absolute Gasteiger partial charge is 0.298 e. The lowest BCUT2D eigenvalue weighted by atomic mass is 10.2. The third-order valence-corrected chi connectivity index (χ3v) is 6.03. The molecule has 6 nitrogen and oxygen atoms in total. The summed E-state index contributed by atoms with van der Waals surface area (Å²) in [5.74, 6) is -0.342. The predicted molar refractivity (Wildman–Crippen MR) is 121 cm³/mol. The summed E-state index contributed by atoms with van der Waals surface area (Å²) < 4.78 is 1.97. The second-order valence-electron chi connectivity index (χ2n) is 6.74. The van der Waals surface area contributed by atoms with E-state index in [1.54, 1.807) is 48.5 Å². The number of amides is 2. The Balaban J connectivity index is 1.71. The molecule has 8 heteroatoms. The van der Waals surface area contributed by atoms with Crippen LogP contribution in [0.15, 0.2) is 64.7 Å². The number of rotatable bonds is 4. The first-order chi connectivity index (χ1) is 14.4. The van der Waals surface area contributed by atoms with E-state index in [1.807, 2.05) is 30.5 Å². The lowest BCUT2D eigenvalue weighted by molar-refractivity contribution is -0.113. The number of anilines is 1. The molecule has 1 saturated heterocycles. The minimum Gasteiger partial charge on any atom is -0.318 e. The Morgan fingerprint density at radius 3 is 2.40 bits per heavy atom. The fourth-order valence-corrected chi connectivity index (χ4v) is 4.49. The van der Waals surface area contributed by atoms with Gasteiger partial charge >= 0.3 is 0 Å². The molecule has 0 atom stereocenters. The van der Waals surface area contributed by atoms with Crippen molar-refractivity contribution in [1.29, 1.82) is 0 Å². The zero-order valence-electron chi connectivity index (χ0n) is 16.1. The SMILES string of the molecule is Cc1cc(C=C2SC(=O)N(c3ccccc3)C2=O)c(C)n1-c1ccc(N=O)c(Cl)c1. The molecule has 2 aromatic carbocycles. The van der Waals surface area contributed by atoms with Crippen LogP contribution in [0.4, 0.5) is 16.2 Å². The molecule has 0 spiro atoms. The molecule has 1 aliphatic rings. The van der Waals surface area contributed by atoms with Gasteiger partial charge in [0.2, 0.25) is 0 Å². The van der Waals surface area contributed by atoms with Crippen LogP contribution in [0.3, 0.4) is 0 Å². The van der Waals surface area contributed by atoms with Gasteiger partial charge in [0.1, 0.15) is 5.69 Å². The average molecular weight is 438 g/mol. The van der Waals surface area contributed by atoms with Crippen LogP contribution in [0.2, 0.25) is 5.02 Å². The molecule has 0 saturated carbocycles. The normalized spacial score (nSPS) is 15.3. The van der Waals surface area contributed by atoms with Crippen LogP contribution in [-0.4, -0.2) is 15.7 Å². The maximum atomic E-state index is 12.9. The van der Waals surface area contributed by atoms with E-state index in [2.05, 4.69) is 5.18 Å².